The fraction of sp³-hybridized carbons (Fsp3) is 0.516. The number of carbonyl (C=O) groups excluding carboxylic acids is 3. The van der Waals surface area contributed by atoms with E-state index in [1.165, 1.54) is 0 Å². The number of thiophene rings is 1. The average Bonchev–Trinajstić information content (AvgIpc) is 3.64. The van der Waals surface area contributed by atoms with Crippen LogP contribution in [0.5, 0.6) is 0 Å². The molecule has 3 aromatic rings. The molecule has 2 amide bonds. The highest BCUT2D eigenvalue weighted by atomic mass is 32.1. The van der Waals surface area contributed by atoms with Gasteiger partial charge in [-0.25, -0.2) is 0 Å². The van der Waals surface area contributed by atoms with Crippen LogP contribution in [0.2, 0.25) is 0 Å². The highest BCUT2D eigenvalue weighted by Crippen LogP contribution is 2.44. The van der Waals surface area contributed by atoms with E-state index in [9.17, 15) is 14.4 Å². The second-order valence-corrected chi connectivity index (χ2v) is 13.4. The number of carbonyl (C=O) groups is 3. The van der Waals surface area contributed by atoms with Crippen LogP contribution in [0.4, 0.5) is 0 Å². The van der Waals surface area contributed by atoms with Crippen LogP contribution in [0.25, 0.3) is 21.5 Å². The summed E-state index contributed by atoms with van der Waals surface area (Å²) in [7, 11) is 1.80. The minimum Gasteiger partial charge on any atom is -0.346 e. The largest absolute Gasteiger partial charge is 0.346 e. The Labute approximate surface area is 234 Å². The van der Waals surface area contributed by atoms with E-state index < -0.39 is 5.41 Å². The third-order valence-electron chi connectivity index (χ3n) is 9.02. The van der Waals surface area contributed by atoms with Gasteiger partial charge in [-0.05, 0) is 77.1 Å². The van der Waals surface area contributed by atoms with E-state index in [0.29, 0.717) is 30.7 Å². The molecule has 1 aromatic carbocycles. The summed E-state index contributed by atoms with van der Waals surface area (Å²) >= 11 is 1.59. The summed E-state index contributed by atoms with van der Waals surface area (Å²) in [4.78, 5) is 51.4. The number of nitrogens with one attached hydrogen (secondary N) is 1. The van der Waals surface area contributed by atoms with Gasteiger partial charge < -0.3 is 14.8 Å². The highest BCUT2D eigenvalue weighted by Gasteiger charge is 2.47. The molecule has 0 saturated carbocycles. The van der Waals surface area contributed by atoms with Crippen molar-refractivity contribution in [3.05, 3.63) is 45.8 Å². The lowest BCUT2D eigenvalue weighted by Gasteiger charge is -2.32. The van der Waals surface area contributed by atoms with Crippen LogP contribution in [0, 0.1) is 13.8 Å². The molecule has 7 nitrogen and oxygen atoms in total. The Balaban J connectivity index is 1.39. The quantitative estimate of drug-likeness (QED) is 0.446. The number of fused-ring (bicyclic) bond motifs is 3. The fourth-order valence-electron chi connectivity index (χ4n) is 6.81. The lowest BCUT2D eigenvalue weighted by Crippen LogP contribution is -2.49. The SMILES string of the molecule is Cc1cc(C)cc(-c2[nH]c3sc(C(C)(C)C(=O)N4C5CCC4CC5)cc3c2C(=O)CN2CCN(C)C(=O)C2)c1. The second kappa shape index (κ2) is 9.59. The first-order chi connectivity index (χ1) is 18.5. The number of Topliss-reactive ketones (excluding diaryl/α,β-unsaturated/α-hetero) is 1. The Morgan fingerprint density at radius 2 is 1.64 bits per heavy atom. The molecule has 2 aromatic heterocycles. The smallest absolute Gasteiger partial charge is 0.236 e. The number of benzene rings is 1. The van der Waals surface area contributed by atoms with Crippen LogP contribution >= 0.6 is 11.3 Å². The molecule has 1 N–H and O–H groups in total. The standard InChI is InChI=1S/C31H38N4O3S/c1-18-12-19(2)14-20(13-18)28-27(24(36)16-34-11-10-33(5)26(37)17-34)23-15-25(39-29(23)32-28)31(3,4)30(38)35-21-6-7-22(35)9-8-21/h12-15,21-22,32H,6-11,16-17H2,1-5H3. The van der Waals surface area contributed by atoms with Gasteiger partial charge in [0, 0.05) is 42.5 Å². The third kappa shape index (κ3) is 4.51. The van der Waals surface area contributed by atoms with E-state index in [-0.39, 0.29) is 30.7 Å². The van der Waals surface area contributed by atoms with Crippen molar-refractivity contribution in [1.29, 1.82) is 0 Å². The molecule has 2 bridgehead atoms. The second-order valence-electron chi connectivity index (χ2n) is 12.4. The van der Waals surface area contributed by atoms with Crippen LogP contribution in [0.15, 0.2) is 24.3 Å². The zero-order chi connectivity index (χ0) is 27.6. The van der Waals surface area contributed by atoms with E-state index in [2.05, 4.69) is 48.0 Å². The third-order valence-corrected chi connectivity index (χ3v) is 10.4. The van der Waals surface area contributed by atoms with E-state index in [1.807, 2.05) is 18.7 Å². The molecule has 0 radical (unpaired) electrons. The summed E-state index contributed by atoms with van der Waals surface area (Å²) in [5, 5.41) is 0.875. The molecule has 39 heavy (non-hydrogen) atoms. The molecule has 0 spiro atoms. The van der Waals surface area contributed by atoms with Gasteiger partial charge in [-0.3, -0.25) is 19.3 Å². The normalized spacial score (nSPS) is 21.9. The molecule has 0 unspecified atom stereocenters. The van der Waals surface area contributed by atoms with E-state index in [4.69, 9.17) is 0 Å². The number of aromatic amines is 1. The van der Waals surface area contributed by atoms with Crippen molar-refractivity contribution in [2.45, 2.75) is 70.9 Å². The monoisotopic (exact) mass is 546 g/mol. The summed E-state index contributed by atoms with van der Waals surface area (Å²) < 4.78 is 0. The maximum Gasteiger partial charge on any atom is 0.236 e. The maximum absolute atomic E-state index is 14.0. The van der Waals surface area contributed by atoms with Gasteiger partial charge in [-0.15, -0.1) is 11.3 Å². The predicted octanol–water partition coefficient (Wildman–Crippen LogP) is 4.90. The number of nitrogens with zero attached hydrogens (tertiary/aromatic N) is 3. The van der Waals surface area contributed by atoms with E-state index >= 15 is 0 Å². The Bertz CT molecular complexity index is 1440. The summed E-state index contributed by atoms with van der Waals surface area (Å²) in [6, 6.07) is 9.18. The van der Waals surface area contributed by atoms with Crippen molar-refractivity contribution in [2.75, 3.05) is 33.2 Å². The van der Waals surface area contributed by atoms with Crippen molar-refractivity contribution < 1.29 is 14.4 Å². The van der Waals surface area contributed by atoms with Crippen LogP contribution in [-0.2, 0) is 15.0 Å². The zero-order valence-electron chi connectivity index (χ0n) is 23.6. The number of piperazine rings is 1. The molecule has 0 aliphatic carbocycles. The van der Waals surface area contributed by atoms with Crippen molar-refractivity contribution >= 4 is 39.2 Å². The lowest BCUT2D eigenvalue weighted by molar-refractivity contribution is -0.137. The lowest BCUT2D eigenvalue weighted by atomic mass is 9.88. The van der Waals surface area contributed by atoms with Crippen molar-refractivity contribution in [3.63, 3.8) is 0 Å². The number of ketones is 1. The Morgan fingerprint density at radius 1 is 1.00 bits per heavy atom. The molecule has 3 aliphatic rings. The van der Waals surface area contributed by atoms with E-state index in [1.54, 1.807) is 23.3 Å². The van der Waals surface area contributed by atoms with Gasteiger partial charge in [0.2, 0.25) is 11.8 Å². The van der Waals surface area contributed by atoms with Crippen molar-refractivity contribution in [2.24, 2.45) is 0 Å². The molecular weight excluding hydrogens is 508 g/mol. The average molecular weight is 547 g/mol. The molecule has 5 heterocycles. The van der Waals surface area contributed by atoms with Gasteiger partial charge in [0.15, 0.2) is 5.78 Å². The van der Waals surface area contributed by atoms with Gasteiger partial charge >= 0.3 is 0 Å². The maximum atomic E-state index is 14.0. The Morgan fingerprint density at radius 3 is 2.26 bits per heavy atom. The van der Waals surface area contributed by atoms with Crippen LogP contribution in [0.3, 0.4) is 0 Å². The zero-order valence-corrected chi connectivity index (χ0v) is 24.4. The minimum atomic E-state index is -0.667. The number of hydrogen-bond donors (Lipinski definition) is 1. The fourth-order valence-corrected chi connectivity index (χ4v) is 7.97. The van der Waals surface area contributed by atoms with Crippen molar-refractivity contribution in [3.8, 4) is 11.3 Å². The van der Waals surface area contributed by atoms with Crippen LogP contribution in [-0.4, -0.2) is 82.6 Å². The number of likely N-dealkylation sites (N-methyl/N-ethyl adjacent to an activating group) is 1. The van der Waals surface area contributed by atoms with Gasteiger partial charge in [-0.2, -0.15) is 0 Å². The first kappa shape index (κ1) is 26.3. The predicted molar refractivity (Wildman–Crippen MR) is 155 cm³/mol. The van der Waals surface area contributed by atoms with Crippen LogP contribution in [0.1, 0.15) is 65.9 Å². The summed E-state index contributed by atoms with van der Waals surface area (Å²) in [5.74, 6) is 0.241. The van der Waals surface area contributed by atoms with Gasteiger partial charge in [0.05, 0.1) is 29.8 Å². The summed E-state index contributed by atoms with van der Waals surface area (Å²) in [5.41, 5.74) is 4.08. The molecule has 0 atom stereocenters. The number of amides is 2. The first-order valence-electron chi connectivity index (χ1n) is 14.1. The van der Waals surface area contributed by atoms with E-state index in [0.717, 1.165) is 63.2 Å². The summed E-state index contributed by atoms with van der Waals surface area (Å²) in [6.45, 7) is 9.93. The molecule has 206 valence electrons. The number of aryl methyl sites for hydroxylation is 2. The number of rotatable bonds is 6. The summed E-state index contributed by atoms with van der Waals surface area (Å²) in [6.07, 6.45) is 4.46. The Kier molecular flexibility index (Phi) is 6.46. The highest BCUT2D eigenvalue weighted by molar-refractivity contribution is 7.19. The molecule has 3 saturated heterocycles. The van der Waals surface area contributed by atoms with Crippen LogP contribution < -0.4 is 0 Å². The molecule has 3 aliphatic heterocycles. The van der Waals surface area contributed by atoms with Gasteiger partial charge in [0.25, 0.3) is 0 Å². The molecule has 6 rings (SSSR count). The number of aromatic nitrogens is 1. The number of H-pyrrole nitrogens is 1. The molecule has 3 fully saturated rings. The molecule has 8 heteroatoms. The minimum absolute atomic E-state index is 0.00108. The first-order valence-corrected chi connectivity index (χ1v) is 14.9. The molecular formula is C31H38N4O3S. The van der Waals surface area contributed by atoms with Crippen molar-refractivity contribution in [1.82, 2.24) is 19.7 Å². The van der Waals surface area contributed by atoms with Gasteiger partial charge in [-0.1, -0.05) is 17.2 Å². The number of hydrogen-bond acceptors (Lipinski definition) is 5. The Hall–Kier alpha value is -2.97. The van der Waals surface area contributed by atoms with Gasteiger partial charge in [0.1, 0.15) is 4.83 Å². The topological polar surface area (TPSA) is 76.7 Å².